The first-order chi connectivity index (χ1) is 13.9. The molecule has 6 heteroatoms. The molecule has 0 aliphatic carbocycles. The average molecular weight is 393 g/mol. The molecule has 0 saturated carbocycles. The second kappa shape index (κ2) is 8.90. The zero-order valence-corrected chi connectivity index (χ0v) is 17.3. The van der Waals surface area contributed by atoms with Crippen molar-refractivity contribution in [2.75, 3.05) is 6.61 Å². The van der Waals surface area contributed by atoms with Gasteiger partial charge in [-0.3, -0.25) is 14.2 Å². The van der Waals surface area contributed by atoms with Crippen LogP contribution in [0.2, 0.25) is 0 Å². The van der Waals surface area contributed by atoms with Crippen molar-refractivity contribution in [1.29, 1.82) is 0 Å². The summed E-state index contributed by atoms with van der Waals surface area (Å²) in [5, 5.41) is 0.573. The zero-order valence-electron chi connectivity index (χ0n) is 17.3. The van der Waals surface area contributed by atoms with Gasteiger partial charge in [-0.1, -0.05) is 37.3 Å². The SMILES string of the molecule is CCC(c1nc2ccccc2c(=O)n1C)N(C(=O)COc1ccccc1)C(C)C. The van der Waals surface area contributed by atoms with Crippen molar-refractivity contribution in [3.8, 4) is 5.75 Å². The van der Waals surface area contributed by atoms with Crippen molar-refractivity contribution in [2.45, 2.75) is 39.3 Å². The van der Waals surface area contributed by atoms with Gasteiger partial charge in [0.05, 0.1) is 16.9 Å². The zero-order chi connectivity index (χ0) is 21.0. The van der Waals surface area contributed by atoms with E-state index >= 15 is 0 Å². The van der Waals surface area contributed by atoms with Gasteiger partial charge in [0, 0.05) is 13.1 Å². The molecule has 0 N–H and O–H groups in total. The number of rotatable bonds is 7. The highest BCUT2D eigenvalue weighted by Gasteiger charge is 2.30. The Morgan fingerprint density at radius 1 is 1.10 bits per heavy atom. The van der Waals surface area contributed by atoms with Gasteiger partial charge >= 0.3 is 0 Å². The molecule has 0 bridgehead atoms. The summed E-state index contributed by atoms with van der Waals surface area (Å²) < 4.78 is 7.23. The van der Waals surface area contributed by atoms with Crippen LogP contribution in [0.4, 0.5) is 0 Å². The van der Waals surface area contributed by atoms with Crippen LogP contribution in [-0.4, -0.2) is 33.0 Å². The lowest BCUT2D eigenvalue weighted by atomic mass is 10.1. The van der Waals surface area contributed by atoms with E-state index in [-0.39, 0.29) is 30.2 Å². The lowest BCUT2D eigenvalue weighted by Crippen LogP contribution is -2.44. The van der Waals surface area contributed by atoms with Gasteiger partial charge in [-0.05, 0) is 44.5 Å². The molecule has 1 unspecified atom stereocenters. The Balaban J connectivity index is 1.95. The number of hydrogen-bond acceptors (Lipinski definition) is 4. The largest absolute Gasteiger partial charge is 0.484 e. The summed E-state index contributed by atoms with van der Waals surface area (Å²) in [7, 11) is 1.71. The van der Waals surface area contributed by atoms with E-state index in [0.29, 0.717) is 28.9 Å². The maximum Gasteiger partial charge on any atom is 0.261 e. The molecular formula is C23H27N3O3. The van der Waals surface area contributed by atoms with Gasteiger partial charge < -0.3 is 9.64 Å². The van der Waals surface area contributed by atoms with E-state index < -0.39 is 0 Å². The van der Waals surface area contributed by atoms with Crippen LogP contribution < -0.4 is 10.3 Å². The highest BCUT2D eigenvalue weighted by Crippen LogP contribution is 2.26. The van der Waals surface area contributed by atoms with Gasteiger partial charge in [-0.15, -0.1) is 0 Å². The van der Waals surface area contributed by atoms with Crippen molar-refractivity contribution in [2.24, 2.45) is 7.05 Å². The second-order valence-electron chi connectivity index (χ2n) is 7.27. The number of carbonyl (C=O) groups is 1. The Hall–Kier alpha value is -3.15. The third-order valence-corrected chi connectivity index (χ3v) is 4.99. The van der Waals surface area contributed by atoms with Gasteiger partial charge in [-0.25, -0.2) is 4.98 Å². The van der Waals surface area contributed by atoms with Crippen LogP contribution in [0.25, 0.3) is 10.9 Å². The summed E-state index contributed by atoms with van der Waals surface area (Å²) in [6, 6.07) is 16.1. The predicted octanol–water partition coefficient (Wildman–Crippen LogP) is 3.70. The summed E-state index contributed by atoms with van der Waals surface area (Å²) in [5.41, 5.74) is 0.529. The normalized spacial score (nSPS) is 12.2. The maximum absolute atomic E-state index is 13.1. The Kier molecular flexibility index (Phi) is 6.32. The minimum Gasteiger partial charge on any atom is -0.484 e. The van der Waals surface area contributed by atoms with Crippen molar-refractivity contribution < 1.29 is 9.53 Å². The lowest BCUT2D eigenvalue weighted by Gasteiger charge is -2.35. The van der Waals surface area contributed by atoms with Crippen LogP contribution in [0.15, 0.2) is 59.4 Å². The summed E-state index contributed by atoms with van der Waals surface area (Å²) in [5.74, 6) is 1.09. The first kappa shape index (κ1) is 20.6. The highest BCUT2D eigenvalue weighted by atomic mass is 16.5. The molecule has 152 valence electrons. The Bertz CT molecular complexity index is 1040. The second-order valence-corrected chi connectivity index (χ2v) is 7.27. The third-order valence-electron chi connectivity index (χ3n) is 4.99. The summed E-state index contributed by atoms with van der Waals surface area (Å²) >= 11 is 0. The Morgan fingerprint density at radius 2 is 1.76 bits per heavy atom. The average Bonchev–Trinajstić information content (AvgIpc) is 2.73. The molecule has 2 aromatic carbocycles. The number of aromatic nitrogens is 2. The van der Waals surface area contributed by atoms with Crippen LogP contribution >= 0.6 is 0 Å². The molecule has 1 aromatic heterocycles. The van der Waals surface area contributed by atoms with Gasteiger partial charge in [0.25, 0.3) is 11.5 Å². The predicted molar refractivity (Wildman–Crippen MR) is 114 cm³/mol. The number of ether oxygens (including phenoxy) is 1. The Morgan fingerprint density at radius 3 is 2.41 bits per heavy atom. The minimum atomic E-state index is -0.329. The van der Waals surface area contributed by atoms with Crippen molar-refractivity contribution in [1.82, 2.24) is 14.5 Å². The van der Waals surface area contributed by atoms with Crippen LogP contribution in [0, 0.1) is 0 Å². The van der Waals surface area contributed by atoms with Gasteiger partial charge in [0.1, 0.15) is 11.6 Å². The number of benzene rings is 2. The van der Waals surface area contributed by atoms with E-state index in [1.807, 2.05) is 69.3 Å². The number of amides is 1. The van der Waals surface area contributed by atoms with Crippen LogP contribution in [0.3, 0.4) is 0 Å². The first-order valence-corrected chi connectivity index (χ1v) is 9.88. The molecule has 0 aliphatic rings. The fraction of sp³-hybridized carbons (Fsp3) is 0.348. The number of para-hydroxylation sites is 2. The number of carbonyl (C=O) groups excluding carboxylic acids is 1. The molecular weight excluding hydrogens is 366 g/mol. The molecule has 0 fully saturated rings. The smallest absolute Gasteiger partial charge is 0.261 e. The molecule has 29 heavy (non-hydrogen) atoms. The van der Waals surface area contributed by atoms with Crippen LogP contribution in [-0.2, 0) is 11.8 Å². The van der Waals surface area contributed by atoms with Crippen LogP contribution in [0.1, 0.15) is 39.1 Å². The summed E-state index contributed by atoms with van der Waals surface area (Å²) in [6.07, 6.45) is 0.633. The van der Waals surface area contributed by atoms with E-state index in [2.05, 4.69) is 0 Å². The minimum absolute atomic E-state index is 0.0692. The molecule has 1 atom stereocenters. The van der Waals surface area contributed by atoms with E-state index in [0.717, 1.165) is 0 Å². The van der Waals surface area contributed by atoms with E-state index in [1.54, 1.807) is 22.6 Å². The standard InChI is InChI=1S/C23H27N3O3/c1-5-20(22-24-19-14-10-9-13-18(19)23(28)25(22)4)26(16(2)3)21(27)15-29-17-11-7-6-8-12-17/h6-14,16,20H,5,15H2,1-4H3. The van der Waals surface area contributed by atoms with E-state index in [4.69, 9.17) is 9.72 Å². The third kappa shape index (κ3) is 4.31. The highest BCUT2D eigenvalue weighted by molar-refractivity contribution is 5.79. The van der Waals surface area contributed by atoms with Gasteiger partial charge in [0.15, 0.2) is 6.61 Å². The molecule has 0 aliphatic heterocycles. The number of nitrogens with zero attached hydrogens (tertiary/aromatic N) is 3. The Labute approximate surface area is 170 Å². The van der Waals surface area contributed by atoms with E-state index in [1.165, 1.54) is 0 Å². The molecule has 0 radical (unpaired) electrons. The molecule has 3 aromatic rings. The van der Waals surface area contributed by atoms with Crippen molar-refractivity contribution >= 4 is 16.8 Å². The van der Waals surface area contributed by atoms with Gasteiger partial charge in [0.2, 0.25) is 0 Å². The van der Waals surface area contributed by atoms with Gasteiger partial charge in [-0.2, -0.15) is 0 Å². The van der Waals surface area contributed by atoms with Crippen LogP contribution in [0.5, 0.6) is 5.75 Å². The lowest BCUT2D eigenvalue weighted by molar-refractivity contribution is -0.138. The molecule has 6 nitrogen and oxygen atoms in total. The monoisotopic (exact) mass is 393 g/mol. The molecule has 1 amide bonds. The summed E-state index contributed by atoms with van der Waals surface area (Å²) in [6.45, 7) is 5.84. The molecule has 0 spiro atoms. The van der Waals surface area contributed by atoms with Crippen molar-refractivity contribution in [3.63, 3.8) is 0 Å². The van der Waals surface area contributed by atoms with E-state index in [9.17, 15) is 9.59 Å². The maximum atomic E-state index is 13.1. The number of hydrogen-bond donors (Lipinski definition) is 0. The fourth-order valence-corrected chi connectivity index (χ4v) is 3.59. The number of fused-ring (bicyclic) bond motifs is 1. The summed E-state index contributed by atoms with van der Waals surface area (Å²) in [4.78, 5) is 32.4. The fourth-order valence-electron chi connectivity index (χ4n) is 3.59. The molecule has 1 heterocycles. The van der Waals surface area contributed by atoms with Crippen molar-refractivity contribution in [3.05, 3.63) is 70.8 Å². The quantitative estimate of drug-likeness (QED) is 0.614. The molecule has 3 rings (SSSR count). The molecule has 0 saturated heterocycles. The first-order valence-electron chi connectivity index (χ1n) is 9.88. The topological polar surface area (TPSA) is 64.4 Å².